The van der Waals surface area contributed by atoms with Crippen molar-refractivity contribution in [1.29, 1.82) is 0 Å². The minimum atomic E-state index is 0.452. The van der Waals surface area contributed by atoms with Gasteiger partial charge in [-0.05, 0) is 56.0 Å². The Bertz CT molecular complexity index is 421. The number of morpholine rings is 1. The lowest BCUT2D eigenvalue weighted by Gasteiger charge is -2.34. The Balaban J connectivity index is 1.78. The summed E-state index contributed by atoms with van der Waals surface area (Å²) >= 11 is 0. The van der Waals surface area contributed by atoms with Crippen LogP contribution in [0.5, 0.6) is 0 Å². The molecule has 3 rings (SSSR count). The number of rotatable bonds is 3. The third-order valence-corrected chi connectivity index (χ3v) is 4.15. The Labute approximate surface area is 109 Å². The lowest BCUT2D eigenvalue weighted by Crippen LogP contribution is -2.42. The first-order valence-corrected chi connectivity index (χ1v) is 6.96. The van der Waals surface area contributed by atoms with E-state index in [4.69, 9.17) is 10.5 Å². The predicted molar refractivity (Wildman–Crippen MR) is 74.0 cm³/mol. The van der Waals surface area contributed by atoms with Crippen molar-refractivity contribution in [3.63, 3.8) is 0 Å². The van der Waals surface area contributed by atoms with Crippen LogP contribution in [0.3, 0.4) is 0 Å². The molecule has 2 aliphatic heterocycles. The number of aryl methyl sites for hydroxylation is 1. The van der Waals surface area contributed by atoms with Crippen molar-refractivity contribution in [3.8, 4) is 0 Å². The largest absolute Gasteiger partial charge is 0.371 e. The highest BCUT2D eigenvalue weighted by Gasteiger charge is 2.33. The van der Waals surface area contributed by atoms with E-state index in [0.29, 0.717) is 12.2 Å². The number of hydrogen-bond acceptors (Lipinski definition) is 3. The maximum Gasteiger partial charge on any atom is 0.0755 e. The molecular formula is C15H22N2O. The van der Waals surface area contributed by atoms with Gasteiger partial charge in [0.2, 0.25) is 0 Å². The smallest absolute Gasteiger partial charge is 0.0755 e. The Morgan fingerprint density at radius 3 is 2.61 bits per heavy atom. The van der Waals surface area contributed by atoms with E-state index in [9.17, 15) is 0 Å². The van der Waals surface area contributed by atoms with Gasteiger partial charge in [-0.1, -0.05) is 6.07 Å². The van der Waals surface area contributed by atoms with Crippen LogP contribution >= 0.6 is 0 Å². The summed E-state index contributed by atoms with van der Waals surface area (Å²) < 4.78 is 5.88. The maximum atomic E-state index is 5.88. The molecule has 2 heterocycles. The van der Waals surface area contributed by atoms with Crippen LogP contribution in [0.4, 0.5) is 5.69 Å². The average Bonchev–Trinajstić information content (AvgIpc) is 2.71. The highest BCUT2D eigenvalue weighted by Crippen LogP contribution is 2.30. The molecule has 0 aliphatic carbocycles. The van der Waals surface area contributed by atoms with Crippen molar-refractivity contribution in [3.05, 3.63) is 29.3 Å². The van der Waals surface area contributed by atoms with E-state index in [1.54, 1.807) is 0 Å². The highest BCUT2D eigenvalue weighted by molar-refractivity contribution is 5.51. The molecule has 2 unspecified atom stereocenters. The number of hydrogen-bond donors (Lipinski definition) is 1. The maximum absolute atomic E-state index is 5.88. The van der Waals surface area contributed by atoms with Crippen molar-refractivity contribution >= 4 is 5.69 Å². The van der Waals surface area contributed by atoms with Gasteiger partial charge >= 0.3 is 0 Å². The van der Waals surface area contributed by atoms with Crippen LogP contribution in [0.2, 0.25) is 0 Å². The quantitative estimate of drug-likeness (QED) is 0.885. The molecule has 3 nitrogen and oxygen atoms in total. The number of benzene rings is 1. The summed E-state index contributed by atoms with van der Waals surface area (Å²) in [6.45, 7) is 5.00. The van der Waals surface area contributed by atoms with Crippen LogP contribution in [0.15, 0.2) is 18.2 Å². The molecule has 1 aromatic carbocycles. The topological polar surface area (TPSA) is 38.5 Å². The molecule has 18 heavy (non-hydrogen) atoms. The minimum Gasteiger partial charge on any atom is -0.371 e. The van der Waals surface area contributed by atoms with Crippen molar-refractivity contribution < 1.29 is 4.74 Å². The van der Waals surface area contributed by atoms with Gasteiger partial charge < -0.3 is 15.4 Å². The van der Waals surface area contributed by atoms with Crippen molar-refractivity contribution in [2.24, 2.45) is 5.73 Å². The van der Waals surface area contributed by atoms with Crippen LogP contribution in [-0.4, -0.2) is 31.8 Å². The summed E-state index contributed by atoms with van der Waals surface area (Å²) in [7, 11) is 0. The molecule has 98 valence electrons. The molecule has 2 atom stereocenters. The van der Waals surface area contributed by atoms with Crippen molar-refractivity contribution in [2.75, 3.05) is 24.5 Å². The molecular weight excluding hydrogens is 224 g/mol. The van der Waals surface area contributed by atoms with Gasteiger partial charge in [0.25, 0.3) is 0 Å². The second-order valence-corrected chi connectivity index (χ2v) is 5.51. The second-order valence-electron chi connectivity index (χ2n) is 5.51. The Morgan fingerprint density at radius 1 is 1.28 bits per heavy atom. The van der Waals surface area contributed by atoms with Crippen LogP contribution in [0, 0.1) is 6.92 Å². The van der Waals surface area contributed by atoms with Gasteiger partial charge in [0.1, 0.15) is 0 Å². The van der Waals surface area contributed by atoms with E-state index >= 15 is 0 Å². The van der Waals surface area contributed by atoms with E-state index in [1.165, 1.54) is 29.7 Å². The van der Waals surface area contributed by atoms with E-state index in [2.05, 4.69) is 30.0 Å². The van der Waals surface area contributed by atoms with Crippen molar-refractivity contribution in [1.82, 2.24) is 0 Å². The first kappa shape index (κ1) is 12.0. The lowest BCUT2D eigenvalue weighted by molar-refractivity contribution is 0.0305. The summed E-state index contributed by atoms with van der Waals surface area (Å²) in [5.41, 5.74) is 9.70. The number of nitrogens with zero attached hydrogens (tertiary/aromatic N) is 1. The van der Waals surface area contributed by atoms with Crippen molar-refractivity contribution in [2.45, 2.75) is 38.4 Å². The van der Waals surface area contributed by atoms with Crippen LogP contribution < -0.4 is 10.6 Å². The lowest BCUT2D eigenvalue weighted by atomic mass is 10.0. The first-order valence-electron chi connectivity index (χ1n) is 6.96. The fraction of sp³-hybridized carbons (Fsp3) is 0.600. The average molecular weight is 246 g/mol. The standard InChI is InChI=1S/C15H22N2O/c1-11-8-13(3-2-12(11)6-7-16)17-9-14-4-5-15(10-17)18-14/h2-3,8,14-15H,4-7,9-10,16H2,1H3. The zero-order valence-corrected chi connectivity index (χ0v) is 11.1. The predicted octanol–water partition coefficient (Wildman–Crippen LogP) is 1.86. The Kier molecular flexibility index (Phi) is 3.27. The van der Waals surface area contributed by atoms with Gasteiger partial charge in [0.05, 0.1) is 12.2 Å². The molecule has 2 bridgehead atoms. The fourth-order valence-corrected chi connectivity index (χ4v) is 3.14. The molecule has 1 aromatic rings. The molecule has 0 radical (unpaired) electrons. The summed E-state index contributed by atoms with van der Waals surface area (Å²) in [4.78, 5) is 2.48. The zero-order valence-electron chi connectivity index (χ0n) is 11.1. The van der Waals surface area contributed by atoms with Gasteiger partial charge in [0, 0.05) is 18.8 Å². The summed E-state index contributed by atoms with van der Waals surface area (Å²) in [6, 6.07) is 6.77. The highest BCUT2D eigenvalue weighted by atomic mass is 16.5. The summed E-state index contributed by atoms with van der Waals surface area (Å²) in [5.74, 6) is 0. The fourth-order valence-electron chi connectivity index (χ4n) is 3.14. The van der Waals surface area contributed by atoms with E-state index < -0.39 is 0 Å². The number of nitrogens with two attached hydrogens (primary N) is 1. The van der Waals surface area contributed by atoms with Gasteiger partial charge in [-0.2, -0.15) is 0 Å². The van der Waals surface area contributed by atoms with E-state index in [1.807, 2.05) is 0 Å². The SMILES string of the molecule is Cc1cc(N2CC3CCC(C2)O3)ccc1CCN. The summed E-state index contributed by atoms with van der Waals surface area (Å²) in [6.07, 6.45) is 4.33. The second kappa shape index (κ2) is 4.90. The molecule has 0 amide bonds. The van der Waals surface area contributed by atoms with E-state index in [-0.39, 0.29) is 0 Å². The number of anilines is 1. The van der Waals surface area contributed by atoms with Gasteiger partial charge in [-0.25, -0.2) is 0 Å². The molecule has 0 saturated carbocycles. The molecule has 2 aliphatic rings. The monoisotopic (exact) mass is 246 g/mol. The number of ether oxygens (including phenoxy) is 1. The Hall–Kier alpha value is -1.06. The third-order valence-electron chi connectivity index (χ3n) is 4.15. The molecule has 0 aromatic heterocycles. The van der Waals surface area contributed by atoms with Gasteiger partial charge in [-0.3, -0.25) is 0 Å². The van der Waals surface area contributed by atoms with Gasteiger partial charge in [0.15, 0.2) is 0 Å². The first-order chi connectivity index (χ1) is 8.76. The molecule has 2 fully saturated rings. The van der Waals surface area contributed by atoms with Crippen LogP contribution in [0.25, 0.3) is 0 Å². The minimum absolute atomic E-state index is 0.452. The van der Waals surface area contributed by atoms with Crippen LogP contribution in [-0.2, 0) is 11.2 Å². The Morgan fingerprint density at radius 2 is 2.00 bits per heavy atom. The number of fused-ring (bicyclic) bond motifs is 2. The summed E-state index contributed by atoms with van der Waals surface area (Å²) in [5, 5.41) is 0. The third kappa shape index (κ3) is 2.25. The molecule has 3 heteroatoms. The molecule has 2 saturated heterocycles. The van der Waals surface area contributed by atoms with E-state index in [0.717, 1.165) is 26.1 Å². The normalized spacial score (nSPS) is 26.7. The molecule has 0 spiro atoms. The zero-order chi connectivity index (χ0) is 12.5. The van der Waals surface area contributed by atoms with Gasteiger partial charge in [-0.15, -0.1) is 0 Å². The molecule has 2 N–H and O–H groups in total. The van der Waals surface area contributed by atoms with Crippen LogP contribution in [0.1, 0.15) is 24.0 Å².